The zero-order chi connectivity index (χ0) is 26.3. The Bertz CT molecular complexity index is 1290. The molecule has 3 aliphatic heterocycles. The molecule has 2 aromatic rings. The molecule has 8 atom stereocenters. The van der Waals surface area contributed by atoms with Crippen molar-refractivity contribution in [2.75, 3.05) is 13.2 Å². The Hall–Kier alpha value is -2.48. The van der Waals surface area contributed by atoms with Gasteiger partial charge in [0.15, 0.2) is 6.29 Å². The second-order valence-corrected chi connectivity index (χ2v) is 12.9. The second-order valence-electron chi connectivity index (χ2n) is 12.9. The van der Waals surface area contributed by atoms with Crippen molar-refractivity contribution in [1.82, 2.24) is 10.2 Å². The maximum absolute atomic E-state index is 12.3. The van der Waals surface area contributed by atoms with Crippen molar-refractivity contribution in [3.8, 4) is 11.3 Å². The van der Waals surface area contributed by atoms with Crippen LogP contribution in [0.3, 0.4) is 0 Å². The summed E-state index contributed by atoms with van der Waals surface area (Å²) in [4.78, 5) is 12.3. The van der Waals surface area contributed by atoms with E-state index in [-0.39, 0.29) is 34.6 Å². The number of esters is 1. The van der Waals surface area contributed by atoms with Gasteiger partial charge in [-0.2, -0.15) is 5.10 Å². The predicted octanol–water partition coefficient (Wildman–Crippen LogP) is 5.66. The van der Waals surface area contributed by atoms with Crippen molar-refractivity contribution in [2.24, 2.45) is 22.7 Å². The van der Waals surface area contributed by atoms with Crippen molar-refractivity contribution >= 4 is 5.97 Å². The van der Waals surface area contributed by atoms with Gasteiger partial charge in [-0.05, 0) is 69.3 Å². The summed E-state index contributed by atoms with van der Waals surface area (Å²) in [7, 11) is 0. The molecule has 1 aromatic carbocycles. The van der Waals surface area contributed by atoms with Crippen LogP contribution < -0.4 is 0 Å². The Kier molecular flexibility index (Phi) is 5.50. The number of hydrogen-bond acceptors (Lipinski definition) is 6. The molecule has 38 heavy (non-hydrogen) atoms. The monoisotopic (exact) mass is 518 g/mol. The summed E-state index contributed by atoms with van der Waals surface area (Å²) < 4.78 is 25.2. The van der Waals surface area contributed by atoms with E-state index in [1.807, 2.05) is 12.3 Å². The zero-order valence-corrected chi connectivity index (χ0v) is 22.8. The molecule has 2 aliphatic carbocycles. The summed E-state index contributed by atoms with van der Waals surface area (Å²) in [6, 6.07) is 8.45. The highest BCUT2D eigenvalue weighted by atomic mass is 16.7. The highest BCUT2D eigenvalue weighted by Gasteiger charge is 2.66. The van der Waals surface area contributed by atoms with Gasteiger partial charge in [0.1, 0.15) is 6.61 Å². The Morgan fingerprint density at radius 3 is 2.61 bits per heavy atom. The fourth-order valence-corrected chi connectivity index (χ4v) is 8.83. The number of hydrogen-bond donors (Lipinski definition) is 1. The number of nitrogens with one attached hydrogen (secondary N) is 1. The summed E-state index contributed by atoms with van der Waals surface area (Å²) in [5.74, 6) is 0.630. The lowest BCUT2D eigenvalue weighted by Gasteiger charge is -2.64. The fraction of sp³-hybridized carbons (Fsp3) is 0.613. The molecular weight excluding hydrogens is 480 g/mol. The van der Waals surface area contributed by atoms with Crippen LogP contribution in [-0.4, -0.2) is 47.2 Å². The number of cyclic esters (lactones) is 1. The maximum atomic E-state index is 12.3. The summed E-state index contributed by atoms with van der Waals surface area (Å²) in [5.41, 5.74) is 4.75. The lowest BCUT2D eigenvalue weighted by atomic mass is 9.44. The minimum atomic E-state index is -0.430. The number of nitrogens with zero attached hydrogens (tertiary/aromatic N) is 1. The number of H-pyrrole nitrogens is 1. The van der Waals surface area contributed by atoms with E-state index in [4.69, 9.17) is 18.9 Å². The van der Waals surface area contributed by atoms with Crippen LogP contribution in [0, 0.1) is 29.6 Å². The number of aryl methyl sites for hydroxylation is 1. The van der Waals surface area contributed by atoms with E-state index in [0.717, 1.165) is 54.5 Å². The third kappa shape index (κ3) is 3.51. The van der Waals surface area contributed by atoms with E-state index >= 15 is 0 Å². The van der Waals surface area contributed by atoms with Gasteiger partial charge in [0.25, 0.3) is 0 Å². The molecule has 2 saturated carbocycles. The van der Waals surface area contributed by atoms with Crippen molar-refractivity contribution < 1.29 is 23.7 Å². The molecule has 1 N–H and O–H groups in total. The topological polar surface area (TPSA) is 82.7 Å². The minimum absolute atomic E-state index is 0.0811. The van der Waals surface area contributed by atoms with Gasteiger partial charge in [-0.1, -0.05) is 43.7 Å². The highest BCUT2D eigenvalue weighted by molar-refractivity contribution is 5.91. The second kappa shape index (κ2) is 8.51. The molecule has 2 saturated heterocycles. The standard InChI is InChI=1S/C31H38N2O5/c1-18-5-7-19(8-6-18)26-21(16-32-33-26)28-36-17-30(3)23-9-13-31(4)24(29(23,2)12-10-25(30)37-28)15-22(38-31)20-11-14-35-27(20)34/h5-8,11,16,22-25,28H,9-10,12-15,17H2,1-4H3,(H,32,33)/t22?,23-,24-,25+,28?,29+,30-,31?/m0/s1. The summed E-state index contributed by atoms with van der Waals surface area (Å²) in [6.07, 6.45) is 8.30. The molecule has 7 heteroatoms. The number of carbonyl (C=O) groups is 1. The Balaban J connectivity index is 1.13. The molecule has 4 fully saturated rings. The van der Waals surface area contributed by atoms with Crippen LogP contribution in [0.5, 0.6) is 0 Å². The van der Waals surface area contributed by atoms with Crippen LogP contribution in [0.4, 0.5) is 0 Å². The molecule has 5 aliphatic rings. The van der Waals surface area contributed by atoms with Crippen LogP contribution in [0.15, 0.2) is 42.1 Å². The Morgan fingerprint density at radius 1 is 1.03 bits per heavy atom. The summed E-state index contributed by atoms with van der Waals surface area (Å²) in [5, 5.41) is 7.52. The molecule has 3 unspecified atom stereocenters. The van der Waals surface area contributed by atoms with Crippen molar-refractivity contribution in [3.63, 3.8) is 0 Å². The predicted molar refractivity (Wildman–Crippen MR) is 141 cm³/mol. The first kappa shape index (κ1) is 24.6. The van der Waals surface area contributed by atoms with Gasteiger partial charge in [0.05, 0.1) is 47.4 Å². The molecule has 0 radical (unpaired) electrons. The Morgan fingerprint density at radius 2 is 1.84 bits per heavy atom. The highest BCUT2D eigenvalue weighted by Crippen LogP contribution is 2.67. The number of carbonyl (C=O) groups excluding carboxylic acids is 1. The normalized spacial score (nSPS) is 42.2. The van der Waals surface area contributed by atoms with Crippen LogP contribution in [0.1, 0.15) is 70.3 Å². The first-order chi connectivity index (χ1) is 18.2. The van der Waals surface area contributed by atoms with Gasteiger partial charge in [0.2, 0.25) is 0 Å². The van der Waals surface area contributed by atoms with Crippen molar-refractivity contribution in [2.45, 2.75) is 83.9 Å². The number of rotatable bonds is 3. The van der Waals surface area contributed by atoms with E-state index in [1.165, 1.54) is 5.56 Å². The average Bonchev–Trinajstić information content (AvgIpc) is 3.62. The molecule has 0 amide bonds. The largest absolute Gasteiger partial charge is 0.458 e. The van der Waals surface area contributed by atoms with Gasteiger partial charge >= 0.3 is 5.97 Å². The zero-order valence-electron chi connectivity index (χ0n) is 22.8. The number of fused-ring (bicyclic) bond motifs is 5. The molecule has 202 valence electrons. The summed E-state index contributed by atoms with van der Waals surface area (Å²) >= 11 is 0. The van der Waals surface area contributed by atoms with Crippen molar-refractivity contribution in [3.05, 3.63) is 53.2 Å². The fourth-order valence-electron chi connectivity index (χ4n) is 8.83. The van der Waals surface area contributed by atoms with Gasteiger partial charge in [0, 0.05) is 11.0 Å². The SMILES string of the molecule is Cc1ccc(-c2[nH]ncc2C2OC[C@@]3(C)[C@H]4CCC5(C)OC(C6=CCOC6=O)C[C@H]5[C@]4(C)CC[C@H]3O2)cc1. The quantitative estimate of drug-likeness (QED) is 0.528. The van der Waals surface area contributed by atoms with Crippen LogP contribution in [0.25, 0.3) is 11.3 Å². The number of benzene rings is 1. The number of ether oxygens (including phenoxy) is 4. The number of aromatic nitrogens is 2. The Labute approximate surface area is 224 Å². The van der Waals surface area contributed by atoms with Gasteiger partial charge in [-0.3, -0.25) is 5.10 Å². The third-order valence-electron chi connectivity index (χ3n) is 10.8. The number of aromatic amines is 1. The molecule has 0 spiro atoms. The third-order valence-corrected chi connectivity index (χ3v) is 10.8. The van der Waals surface area contributed by atoms with Gasteiger partial charge in [-0.25, -0.2) is 4.79 Å². The van der Waals surface area contributed by atoms with Gasteiger partial charge < -0.3 is 18.9 Å². The van der Waals surface area contributed by atoms with E-state index in [1.54, 1.807) is 0 Å². The molecular formula is C31H38N2O5. The molecule has 7 rings (SSSR count). The molecule has 0 bridgehead atoms. The molecule has 7 nitrogen and oxygen atoms in total. The average molecular weight is 519 g/mol. The van der Waals surface area contributed by atoms with E-state index in [2.05, 4.69) is 62.2 Å². The van der Waals surface area contributed by atoms with Crippen LogP contribution >= 0.6 is 0 Å². The van der Waals surface area contributed by atoms with Crippen molar-refractivity contribution in [1.29, 1.82) is 0 Å². The van der Waals surface area contributed by atoms with E-state index in [0.29, 0.717) is 25.0 Å². The molecule has 1 aromatic heterocycles. The first-order valence-corrected chi connectivity index (χ1v) is 14.1. The maximum Gasteiger partial charge on any atom is 0.336 e. The van der Waals surface area contributed by atoms with E-state index < -0.39 is 6.29 Å². The smallest absolute Gasteiger partial charge is 0.336 e. The van der Waals surface area contributed by atoms with Crippen LogP contribution in [0.2, 0.25) is 0 Å². The summed E-state index contributed by atoms with van der Waals surface area (Å²) in [6.45, 7) is 10.2. The van der Waals surface area contributed by atoms with Gasteiger partial charge in [-0.15, -0.1) is 0 Å². The van der Waals surface area contributed by atoms with Crippen LogP contribution in [-0.2, 0) is 23.7 Å². The van der Waals surface area contributed by atoms with E-state index in [9.17, 15) is 4.79 Å². The minimum Gasteiger partial charge on any atom is -0.458 e. The lowest BCUT2D eigenvalue weighted by Crippen LogP contribution is -2.63. The first-order valence-electron chi connectivity index (χ1n) is 14.1. The molecule has 4 heterocycles. The lowest BCUT2D eigenvalue weighted by molar-refractivity contribution is -0.314.